The summed E-state index contributed by atoms with van der Waals surface area (Å²) in [6.07, 6.45) is 0. The highest BCUT2D eigenvalue weighted by atomic mass is 16.2. The zero-order valence-electron chi connectivity index (χ0n) is 9.72. The van der Waals surface area contributed by atoms with Gasteiger partial charge in [0, 0.05) is 5.39 Å². The van der Waals surface area contributed by atoms with Gasteiger partial charge in [-0.3, -0.25) is 9.59 Å². The van der Waals surface area contributed by atoms with Crippen LogP contribution in [0, 0.1) is 0 Å². The molecule has 0 radical (unpaired) electrons. The van der Waals surface area contributed by atoms with E-state index < -0.39 is 0 Å². The van der Waals surface area contributed by atoms with Gasteiger partial charge in [-0.2, -0.15) is 0 Å². The van der Waals surface area contributed by atoms with E-state index in [9.17, 15) is 9.59 Å². The molecule has 0 aromatic heterocycles. The van der Waals surface area contributed by atoms with Gasteiger partial charge in [0.25, 0.3) is 0 Å². The number of piperazine rings is 1. The van der Waals surface area contributed by atoms with Crippen molar-refractivity contribution in [2.45, 2.75) is 0 Å². The summed E-state index contributed by atoms with van der Waals surface area (Å²) in [6, 6.07) is 13.6. The van der Waals surface area contributed by atoms with Crippen LogP contribution in [0.5, 0.6) is 0 Å². The molecule has 2 aromatic carbocycles. The van der Waals surface area contributed by atoms with Crippen molar-refractivity contribution in [2.75, 3.05) is 18.0 Å². The topological polar surface area (TPSA) is 49.4 Å². The van der Waals surface area contributed by atoms with Gasteiger partial charge < -0.3 is 10.2 Å². The van der Waals surface area contributed by atoms with E-state index in [1.807, 2.05) is 42.5 Å². The van der Waals surface area contributed by atoms with E-state index in [1.54, 1.807) is 4.90 Å². The van der Waals surface area contributed by atoms with Gasteiger partial charge in [0.1, 0.15) is 6.54 Å². The number of hydrogen-bond donors (Lipinski definition) is 1. The molecule has 1 fully saturated rings. The highest BCUT2D eigenvalue weighted by Crippen LogP contribution is 2.27. The van der Waals surface area contributed by atoms with Gasteiger partial charge in [0.2, 0.25) is 11.8 Å². The average molecular weight is 240 g/mol. The minimum Gasteiger partial charge on any atom is -0.345 e. The molecule has 90 valence electrons. The summed E-state index contributed by atoms with van der Waals surface area (Å²) in [5.74, 6) is -0.200. The SMILES string of the molecule is O=C1CN(c2cccc3ccccc23)C(=O)CN1. The third kappa shape index (κ3) is 1.72. The number of carbonyl (C=O) groups excluding carboxylic acids is 2. The summed E-state index contributed by atoms with van der Waals surface area (Å²) in [4.78, 5) is 24.9. The van der Waals surface area contributed by atoms with Crippen LogP contribution in [0.1, 0.15) is 0 Å². The Morgan fingerprint density at radius 2 is 1.78 bits per heavy atom. The van der Waals surface area contributed by atoms with Crippen molar-refractivity contribution >= 4 is 28.3 Å². The minimum absolute atomic E-state index is 0.0715. The molecule has 4 heteroatoms. The quantitative estimate of drug-likeness (QED) is 0.816. The summed E-state index contributed by atoms with van der Waals surface area (Å²) in [5.41, 5.74) is 0.799. The second-order valence-corrected chi connectivity index (χ2v) is 4.25. The standard InChI is InChI=1S/C14H12N2O2/c17-13-9-16(14(18)8-15-13)12-7-3-5-10-4-1-2-6-11(10)12/h1-7H,8-9H2,(H,15,17). The normalized spacial score (nSPS) is 15.9. The van der Waals surface area contributed by atoms with Gasteiger partial charge in [0.15, 0.2) is 0 Å². The Hall–Kier alpha value is -2.36. The first kappa shape index (κ1) is 10.8. The maximum Gasteiger partial charge on any atom is 0.246 e. The van der Waals surface area contributed by atoms with Gasteiger partial charge in [-0.25, -0.2) is 0 Å². The summed E-state index contributed by atoms with van der Waals surface area (Å²) >= 11 is 0. The molecule has 1 aliphatic rings. The molecule has 0 atom stereocenters. The summed E-state index contributed by atoms with van der Waals surface area (Å²) in [7, 11) is 0. The molecule has 0 bridgehead atoms. The summed E-state index contributed by atoms with van der Waals surface area (Å²) in [6.45, 7) is 0.162. The number of amides is 2. The molecule has 0 aliphatic carbocycles. The maximum absolute atomic E-state index is 11.9. The fourth-order valence-electron chi connectivity index (χ4n) is 2.22. The average Bonchev–Trinajstić information content (AvgIpc) is 2.41. The highest BCUT2D eigenvalue weighted by molar-refractivity contribution is 6.09. The number of nitrogens with one attached hydrogen (secondary N) is 1. The van der Waals surface area contributed by atoms with Crippen molar-refractivity contribution in [1.82, 2.24) is 5.32 Å². The van der Waals surface area contributed by atoms with E-state index in [-0.39, 0.29) is 24.9 Å². The van der Waals surface area contributed by atoms with E-state index in [4.69, 9.17) is 0 Å². The lowest BCUT2D eigenvalue weighted by Gasteiger charge is -2.27. The number of nitrogens with zero attached hydrogens (tertiary/aromatic N) is 1. The molecule has 1 saturated heterocycles. The van der Waals surface area contributed by atoms with E-state index >= 15 is 0 Å². The van der Waals surface area contributed by atoms with Crippen LogP contribution < -0.4 is 10.2 Å². The first-order valence-electron chi connectivity index (χ1n) is 5.80. The van der Waals surface area contributed by atoms with Gasteiger partial charge in [-0.05, 0) is 11.5 Å². The van der Waals surface area contributed by atoms with E-state index in [2.05, 4.69) is 5.32 Å². The number of anilines is 1. The molecule has 3 rings (SSSR count). The molecule has 0 saturated carbocycles. The molecular weight excluding hydrogens is 228 g/mol. The molecule has 1 N–H and O–H groups in total. The Morgan fingerprint density at radius 1 is 1.00 bits per heavy atom. The monoisotopic (exact) mass is 240 g/mol. The second kappa shape index (κ2) is 4.14. The third-order valence-corrected chi connectivity index (χ3v) is 3.10. The predicted molar refractivity (Wildman–Crippen MR) is 69.3 cm³/mol. The van der Waals surface area contributed by atoms with E-state index in [0.29, 0.717) is 0 Å². The van der Waals surface area contributed by atoms with Crippen molar-refractivity contribution in [3.8, 4) is 0 Å². The highest BCUT2D eigenvalue weighted by Gasteiger charge is 2.25. The number of fused-ring (bicyclic) bond motifs is 1. The molecule has 4 nitrogen and oxygen atoms in total. The zero-order chi connectivity index (χ0) is 12.5. The second-order valence-electron chi connectivity index (χ2n) is 4.25. The van der Waals surface area contributed by atoms with Crippen molar-refractivity contribution in [1.29, 1.82) is 0 Å². The van der Waals surface area contributed by atoms with Crippen molar-refractivity contribution in [3.63, 3.8) is 0 Å². The molecular formula is C14H12N2O2. The van der Waals surface area contributed by atoms with E-state index in [0.717, 1.165) is 16.5 Å². The third-order valence-electron chi connectivity index (χ3n) is 3.10. The molecule has 1 aliphatic heterocycles. The number of carbonyl (C=O) groups is 2. The van der Waals surface area contributed by atoms with Gasteiger partial charge in [-0.1, -0.05) is 36.4 Å². The maximum atomic E-state index is 11.9. The molecule has 0 unspecified atom stereocenters. The Bertz CT molecular complexity index is 631. The predicted octanol–water partition coefficient (Wildman–Crippen LogP) is 1.30. The van der Waals surface area contributed by atoms with Crippen LogP contribution in [0.4, 0.5) is 5.69 Å². The molecule has 2 amide bonds. The number of hydrogen-bond acceptors (Lipinski definition) is 2. The molecule has 18 heavy (non-hydrogen) atoms. The zero-order valence-corrected chi connectivity index (χ0v) is 9.72. The first-order valence-corrected chi connectivity index (χ1v) is 5.80. The fraction of sp³-hybridized carbons (Fsp3) is 0.143. The first-order chi connectivity index (χ1) is 8.75. The summed E-state index contributed by atoms with van der Waals surface area (Å²) in [5, 5.41) is 4.60. The van der Waals surface area contributed by atoms with Crippen LogP contribution in [-0.4, -0.2) is 24.9 Å². The van der Waals surface area contributed by atoms with Crippen molar-refractivity contribution < 1.29 is 9.59 Å². The Kier molecular flexibility index (Phi) is 2.48. The van der Waals surface area contributed by atoms with Crippen LogP contribution in [0.15, 0.2) is 42.5 Å². The van der Waals surface area contributed by atoms with Crippen LogP contribution in [0.25, 0.3) is 10.8 Å². The molecule has 1 heterocycles. The Morgan fingerprint density at radius 3 is 2.67 bits per heavy atom. The fourth-order valence-corrected chi connectivity index (χ4v) is 2.22. The van der Waals surface area contributed by atoms with Gasteiger partial charge >= 0.3 is 0 Å². The largest absolute Gasteiger partial charge is 0.345 e. The number of benzene rings is 2. The Balaban J connectivity index is 2.13. The van der Waals surface area contributed by atoms with Gasteiger partial charge in [0.05, 0.1) is 12.2 Å². The lowest BCUT2D eigenvalue weighted by molar-refractivity contribution is -0.128. The summed E-state index contributed by atoms with van der Waals surface area (Å²) < 4.78 is 0. The smallest absolute Gasteiger partial charge is 0.246 e. The van der Waals surface area contributed by atoms with E-state index in [1.165, 1.54) is 0 Å². The lowest BCUT2D eigenvalue weighted by Crippen LogP contribution is -2.51. The minimum atomic E-state index is -0.123. The van der Waals surface area contributed by atoms with Crippen LogP contribution in [-0.2, 0) is 9.59 Å². The van der Waals surface area contributed by atoms with Crippen molar-refractivity contribution in [3.05, 3.63) is 42.5 Å². The number of rotatable bonds is 1. The van der Waals surface area contributed by atoms with Crippen LogP contribution in [0.2, 0.25) is 0 Å². The van der Waals surface area contributed by atoms with Gasteiger partial charge in [-0.15, -0.1) is 0 Å². The molecule has 2 aromatic rings. The lowest BCUT2D eigenvalue weighted by atomic mass is 10.1. The van der Waals surface area contributed by atoms with Crippen molar-refractivity contribution in [2.24, 2.45) is 0 Å². The van der Waals surface area contributed by atoms with Crippen LogP contribution in [0.3, 0.4) is 0 Å². The van der Waals surface area contributed by atoms with Crippen LogP contribution >= 0.6 is 0 Å². The Labute approximate surface area is 104 Å². The molecule has 0 spiro atoms.